The van der Waals surface area contributed by atoms with Crippen molar-refractivity contribution in [3.63, 3.8) is 0 Å². The van der Waals surface area contributed by atoms with E-state index in [9.17, 15) is 9.59 Å². The van der Waals surface area contributed by atoms with E-state index in [-0.39, 0.29) is 5.91 Å². The summed E-state index contributed by atoms with van der Waals surface area (Å²) >= 11 is 13.3. The topological polar surface area (TPSA) is 89.5 Å². The van der Waals surface area contributed by atoms with Gasteiger partial charge in [-0.05, 0) is 54.6 Å². The summed E-state index contributed by atoms with van der Waals surface area (Å²) in [6.45, 7) is 0. The molecule has 168 valence electrons. The van der Waals surface area contributed by atoms with Crippen LogP contribution in [0.1, 0.15) is 20.7 Å². The molecular formula is C23H17Cl2N3O4S. The van der Waals surface area contributed by atoms with Gasteiger partial charge in [0.1, 0.15) is 11.5 Å². The minimum atomic E-state index is -0.394. The lowest BCUT2D eigenvalue weighted by Crippen LogP contribution is -2.13. The molecular weight excluding hydrogens is 485 g/mol. The fraction of sp³-hybridized carbons (Fsp3) is 0.0870. The molecule has 0 bridgehead atoms. The van der Waals surface area contributed by atoms with Crippen LogP contribution in [0.25, 0.3) is 10.2 Å². The predicted molar refractivity (Wildman–Crippen MR) is 132 cm³/mol. The van der Waals surface area contributed by atoms with Crippen LogP contribution >= 0.6 is 34.5 Å². The van der Waals surface area contributed by atoms with Gasteiger partial charge in [0.25, 0.3) is 11.8 Å². The van der Waals surface area contributed by atoms with Crippen molar-refractivity contribution in [3.8, 4) is 11.5 Å². The molecule has 0 saturated carbocycles. The van der Waals surface area contributed by atoms with Gasteiger partial charge in [-0.3, -0.25) is 14.9 Å². The molecule has 0 unspecified atom stereocenters. The average molecular weight is 502 g/mol. The number of halogens is 2. The van der Waals surface area contributed by atoms with Gasteiger partial charge < -0.3 is 14.8 Å². The summed E-state index contributed by atoms with van der Waals surface area (Å²) in [5, 5.41) is 6.85. The molecule has 2 amide bonds. The van der Waals surface area contributed by atoms with Crippen molar-refractivity contribution in [2.75, 3.05) is 24.9 Å². The Morgan fingerprint density at radius 1 is 0.818 bits per heavy atom. The van der Waals surface area contributed by atoms with Crippen molar-refractivity contribution < 1.29 is 19.1 Å². The highest BCUT2D eigenvalue weighted by Gasteiger charge is 2.17. The lowest BCUT2D eigenvalue weighted by Gasteiger charge is -2.09. The molecule has 3 aromatic carbocycles. The second kappa shape index (κ2) is 9.66. The average Bonchev–Trinajstić information content (AvgIpc) is 3.20. The van der Waals surface area contributed by atoms with Gasteiger partial charge in [-0.2, -0.15) is 0 Å². The molecule has 1 heterocycles. The number of nitrogens with zero attached hydrogens (tertiary/aromatic N) is 1. The smallest absolute Gasteiger partial charge is 0.261 e. The summed E-state index contributed by atoms with van der Waals surface area (Å²) in [7, 11) is 2.96. The third-order valence-corrected chi connectivity index (χ3v) is 6.08. The third-order valence-electron chi connectivity index (χ3n) is 4.68. The van der Waals surface area contributed by atoms with E-state index in [0.717, 1.165) is 4.70 Å². The number of anilines is 2. The number of ether oxygens (including phenoxy) is 2. The molecule has 0 radical (unpaired) electrons. The van der Waals surface area contributed by atoms with E-state index in [0.29, 0.717) is 49.0 Å². The molecule has 0 saturated heterocycles. The molecule has 0 aliphatic carbocycles. The maximum atomic E-state index is 12.7. The lowest BCUT2D eigenvalue weighted by molar-refractivity contribution is 0.101. The molecule has 4 rings (SSSR count). The molecule has 0 fully saturated rings. The van der Waals surface area contributed by atoms with E-state index in [1.54, 1.807) is 48.5 Å². The van der Waals surface area contributed by atoms with E-state index >= 15 is 0 Å². The molecule has 7 nitrogen and oxygen atoms in total. The lowest BCUT2D eigenvalue weighted by atomic mass is 10.2. The number of hydrogen-bond acceptors (Lipinski definition) is 6. The molecule has 0 aliphatic rings. The second-order valence-electron chi connectivity index (χ2n) is 6.80. The fourth-order valence-corrected chi connectivity index (χ4v) is 4.38. The number of carbonyl (C=O) groups is 2. The molecule has 0 spiro atoms. The number of rotatable bonds is 6. The quantitative estimate of drug-likeness (QED) is 0.331. The van der Waals surface area contributed by atoms with Gasteiger partial charge in [-0.1, -0.05) is 34.5 Å². The van der Waals surface area contributed by atoms with Crippen molar-refractivity contribution in [1.29, 1.82) is 0 Å². The van der Waals surface area contributed by atoms with E-state index in [1.165, 1.54) is 31.6 Å². The van der Waals surface area contributed by atoms with E-state index in [4.69, 9.17) is 32.7 Å². The Morgan fingerprint density at radius 3 is 1.97 bits per heavy atom. The minimum Gasteiger partial charge on any atom is -0.496 e. The number of nitrogens with one attached hydrogen (secondary N) is 2. The number of fused-ring (bicyclic) bond motifs is 1. The molecule has 33 heavy (non-hydrogen) atoms. The normalized spacial score (nSPS) is 10.7. The SMILES string of the molecule is COc1ccc(Cl)cc1C(=O)Nc1ccc2nc(NC(=O)c3cc(Cl)ccc3OC)sc2c1. The minimum absolute atomic E-state index is 0.299. The van der Waals surface area contributed by atoms with E-state index < -0.39 is 5.91 Å². The summed E-state index contributed by atoms with van der Waals surface area (Å²) < 4.78 is 11.3. The highest BCUT2D eigenvalue weighted by atomic mass is 35.5. The Morgan fingerprint density at radius 2 is 1.39 bits per heavy atom. The van der Waals surface area contributed by atoms with Crippen LogP contribution in [0.15, 0.2) is 54.6 Å². The largest absolute Gasteiger partial charge is 0.496 e. The van der Waals surface area contributed by atoms with Gasteiger partial charge in [0.15, 0.2) is 5.13 Å². The standard InChI is InChI=1S/C23H17Cl2N3O4S/c1-31-18-7-3-12(24)9-15(18)21(29)26-14-5-6-17-20(11-14)33-23(27-17)28-22(30)16-10-13(25)4-8-19(16)32-2/h3-11H,1-2H3,(H,26,29)(H,27,28,30). The number of benzene rings is 3. The summed E-state index contributed by atoms with van der Waals surface area (Å²) in [6, 6.07) is 14.9. The van der Waals surface area contributed by atoms with E-state index in [2.05, 4.69) is 15.6 Å². The van der Waals surface area contributed by atoms with Gasteiger partial charge in [0.05, 0.1) is 35.6 Å². The highest BCUT2D eigenvalue weighted by Crippen LogP contribution is 2.31. The van der Waals surface area contributed by atoms with Crippen LogP contribution in [0.3, 0.4) is 0 Å². The van der Waals surface area contributed by atoms with Crippen molar-refractivity contribution in [2.45, 2.75) is 0 Å². The van der Waals surface area contributed by atoms with Gasteiger partial charge in [0, 0.05) is 15.7 Å². The summed E-state index contributed by atoms with van der Waals surface area (Å²) in [4.78, 5) is 29.9. The monoisotopic (exact) mass is 501 g/mol. The predicted octanol–water partition coefficient (Wildman–Crippen LogP) is 6.12. The third kappa shape index (κ3) is 5.03. The first-order valence-corrected chi connectivity index (χ1v) is 11.2. The highest BCUT2D eigenvalue weighted by molar-refractivity contribution is 7.22. The number of amides is 2. The first-order chi connectivity index (χ1) is 15.9. The summed E-state index contributed by atoms with van der Waals surface area (Å²) in [5.74, 6) is 0.0615. The van der Waals surface area contributed by atoms with Crippen molar-refractivity contribution in [3.05, 3.63) is 75.8 Å². The van der Waals surface area contributed by atoms with Crippen LogP contribution in [0.2, 0.25) is 10.0 Å². The molecule has 0 atom stereocenters. The summed E-state index contributed by atoms with van der Waals surface area (Å²) in [6.07, 6.45) is 0. The molecule has 1 aromatic heterocycles. The van der Waals surface area contributed by atoms with Crippen LogP contribution in [-0.2, 0) is 0 Å². The Bertz CT molecular complexity index is 1310. The van der Waals surface area contributed by atoms with Crippen LogP contribution in [0, 0.1) is 0 Å². The zero-order chi connectivity index (χ0) is 23.5. The van der Waals surface area contributed by atoms with Crippen LogP contribution < -0.4 is 20.1 Å². The Labute approximate surface area is 203 Å². The summed E-state index contributed by atoms with van der Waals surface area (Å²) in [5.41, 5.74) is 1.85. The Hall–Kier alpha value is -3.33. The van der Waals surface area contributed by atoms with Gasteiger partial charge in [-0.15, -0.1) is 0 Å². The van der Waals surface area contributed by atoms with Crippen LogP contribution in [0.5, 0.6) is 11.5 Å². The van der Waals surface area contributed by atoms with Crippen LogP contribution in [-0.4, -0.2) is 31.0 Å². The Balaban J connectivity index is 1.55. The number of hydrogen-bond donors (Lipinski definition) is 2. The van der Waals surface area contributed by atoms with Crippen molar-refractivity contribution in [1.82, 2.24) is 4.98 Å². The van der Waals surface area contributed by atoms with Gasteiger partial charge >= 0.3 is 0 Å². The zero-order valence-electron chi connectivity index (χ0n) is 17.4. The van der Waals surface area contributed by atoms with Crippen LogP contribution in [0.4, 0.5) is 10.8 Å². The first-order valence-electron chi connectivity index (χ1n) is 9.58. The van der Waals surface area contributed by atoms with Crippen molar-refractivity contribution >= 4 is 67.4 Å². The zero-order valence-corrected chi connectivity index (χ0v) is 19.8. The number of carbonyl (C=O) groups excluding carboxylic acids is 2. The molecule has 2 N–H and O–H groups in total. The number of methoxy groups -OCH3 is 2. The van der Waals surface area contributed by atoms with E-state index in [1.807, 2.05) is 0 Å². The molecule has 0 aliphatic heterocycles. The fourth-order valence-electron chi connectivity index (χ4n) is 3.13. The van der Waals surface area contributed by atoms with Gasteiger partial charge in [0.2, 0.25) is 0 Å². The maximum Gasteiger partial charge on any atom is 0.261 e. The number of aromatic nitrogens is 1. The number of thiazole rings is 1. The second-order valence-corrected chi connectivity index (χ2v) is 8.70. The molecule has 4 aromatic rings. The Kier molecular flexibility index (Phi) is 6.69. The van der Waals surface area contributed by atoms with Gasteiger partial charge in [-0.25, -0.2) is 4.98 Å². The maximum absolute atomic E-state index is 12.7. The van der Waals surface area contributed by atoms with Crippen molar-refractivity contribution in [2.24, 2.45) is 0 Å². The first kappa shape index (κ1) is 22.8. The molecule has 10 heteroatoms.